The molecule has 2 unspecified atom stereocenters. The van der Waals surface area contributed by atoms with Gasteiger partial charge in [0.15, 0.2) is 0 Å². The molecule has 1 rings (SSSR count). The Labute approximate surface area is 102 Å². The van der Waals surface area contributed by atoms with Gasteiger partial charge in [0.25, 0.3) is 0 Å². The predicted molar refractivity (Wildman–Crippen MR) is 65.3 cm³/mol. The zero-order valence-electron chi connectivity index (χ0n) is 10.1. The molecule has 0 bridgehead atoms. The highest BCUT2D eigenvalue weighted by molar-refractivity contribution is 5.34. The molecule has 0 heterocycles. The molecular formula is C13H18N2O2. The Hall–Kier alpha value is -1.41. The van der Waals surface area contributed by atoms with Gasteiger partial charge in [-0.15, -0.1) is 0 Å². The first-order chi connectivity index (χ1) is 7.98. The maximum Gasteiger partial charge on any atom is 0.0991 e. The molecule has 4 nitrogen and oxygen atoms in total. The van der Waals surface area contributed by atoms with Crippen LogP contribution in [0.2, 0.25) is 0 Å². The van der Waals surface area contributed by atoms with Crippen LogP contribution in [-0.4, -0.2) is 29.0 Å². The second-order valence-electron chi connectivity index (χ2n) is 4.49. The van der Waals surface area contributed by atoms with Crippen LogP contribution in [0.3, 0.4) is 0 Å². The van der Waals surface area contributed by atoms with Crippen molar-refractivity contribution in [1.29, 1.82) is 5.26 Å². The lowest BCUT2D eigenvalue weighted by Crippen LogP contribution is -2.41. The second-order valence-corrected chi connectivity index (χ2v) is 4.49. The lowest BCUT2D eigenvalue weighted by molar-refractivity contribution is 0.00106. The highest BCUT2D eigenvalue weighted by Gasteiger charge is 2.19. The number of hydrogen-bond acceptors (Lipinski definition) is 4. The number of rotatable bonds is 5. The van der Waals surface area contributed by atoms with Crippen LogP contribution in [0.5, 0.6) is 0 Å². The minimum Gasteiger partial charge on any atom is -0.393 e. The SMILES string of the molecule is CC(NCC(C)(O)CO)c1cccc(C#N)c1. The molecule has 0 saturated heterocycles. The van der Waals surface area contributed by atoms with E-state index in [2.05, 4.69) is 11.4 Å². The first-order valence-electron chi connectivity index (χ1n) is 5.55. The standard InChI is InChI=1S/C13H18N2O2/c1-10(15-8-13(2,17)9-16)12-5-3-4-11(6-12)7-14/h3-6,10,15-17H,8-9H2,1-2H3. The fourth-order valence-electron chi connectivity index (χ4n) is 1.42. The third-order valence-corrected chi connectivity index (χ3v) is 2.65. The van der Waals surface area contributed by atoms with E-state index in [9.17, 15) is 5.11 Å². The molecule has 1 aromatic rings. The predicted octanol–water partition coefficient (Wildman–Crippen LogP) is 0.952. The lowest BCUT2D eigenvalue weighted by atomic mass is 10.0. The van der Waals surface area contributed by atoms with Gasteiger partial charge in [-0.25, -0.2) is 0 Å². The molecule has 0 saturated carbocycles. The van der Waals surface area contributed by atoms with Crippen LogP contribution in [0.15, 0.2) is 24.3 Å². The van der Waals surface area contributed by atoms with Crippen molar-refractivity contribution in [2.75, 3.05) is 13.2 Å². The normalized spacial score (nSPS) is 15.9. The molecule has 1 aromatic carbocycles. The summed E-state index contributed by atoms with van der Waals surface area (Å²) in [7, 11) is 0. The Morgan fingerprint density at radius 3 is 2.82 bits per heavy atom. The van der Waals surface area contributed by atoms with Gasteiger partial charge in [0.1, 0.15) is 0 Å². The summed E-state index contributed by atoms with van der Waals surface area (Å²) in [5.74, 6) is 0. The summed E-state index contributed by atoms with van der Waals surface area (Å²) in [5.41, 5.74) is 0.476. The number of nitrogens with one attached hydrogen (secondary N) is 1. The van der Waals surface area contributed by atoms with Gasteiger partial charge in [-0.3, -0.25) is 0 Å². The number of nitrogens with zero attached hydrogens (tertiary/aromatic N) is 1. The number of aliphatic hydroxyl groups is 2. The molecular weight excluding hydrogens is 216 g/mol. The average Bonchev–Trinajstić information content (AvgIpc) is 2.36. The highest BCUT2D eigenvalue weighted by atomic mass is 16.3. The van der Waals surface area contributed by atoms with E-state index in [-0.39, 0.29) is 12.6 Å². The van der Waals surface area contributed by atoms with Gasteiger partial charge in [-0.1, -0.05) is 12.1 Å². The van der Waals surface area contributed by atoms with Crippen LogP contribution in [0.4, 0.5) is 0 Å². The number of aliphatic hydroxyl groups excluding tert-OH is 1. The summed E-state index contributed by atoms with van der Waals surface area (Å²) in [5, 5.41) is 30.5. The van der Waals surface area contributed by atoms with Crippen molar-refractivity contribution >= 4 is 0 Å². The van der Waals surface area contributed by atoms with Gasteiger partial charge in [0.05, 0.1) is 23.8 Å². The molecule has 17 heavy (non-hydrogen) atoms. The van der Waals surface area contributed by atoms with E-state index in [1.807, 2.05) is 25.1 Å². The molecule has 0 radical (unpaired) electrons. The molecule has 3 N–H and O–H groups in total. The lowest BCUT2D eigenvalue weighted by Gasteiger charge is -2.24. The second kappa shape index (κ2) is 5.78. The maximum atomic E-state index is 9.65. The van der Waals surface area contributed by atoms with Gasteiger partial charge in [-0.05, 0) is 31.5 Å². The average molecular weight is 234 g/mol. The van der Waals surface area contributed by atoms with Crippen LogP contribution in [0.25, 0.3) is 0 Å². The van der Waals surface area contributed by atoms with Crippen molar-refractivity contribution in [2.24, 2.45) is 0 Å². The molecule has 2 atom stereocenters. The molecule has 4 heteroatoms. The summed E-state index contributed by atoms with van der Waals surface area (Å²) in [6.45, 7) is 3.52. The molecule has 92 valence electrons. The zero-order valence-corrected chi connectivity index (χ0v) is 10.1. The van der Waals surface area contributed by atoms with Crippen molar-refractivity contribution in [1.82, 2.24) is 5.32 Å². The fraction of sp³-hybridized carbons (Fsp3) is 0.462. The van der Waals surface area contributed by atoms with E-state index in [0.29, 0.717) is 12.1 Å². The third kappa shape index (κ3) is 4.16. The Morgan fingerprint density at radius 1 is 1.53 bits per heavy atom. The van der Waals surface area contributed by atoms with Gasteiger partial charge in [0.2, 0.25) is 0 Å². The quantitative estimate of drug-likeness (QED) is 0.709. The van der Waals surface area contributed by atoms with Crippen molar-refractivity contribution < 1.29 is 10.2 Å². The largest absolute Gasteiger partial charge is 0.393 e. The number of nitriles is 1. The van der Waals surface area contributed by atoms with E-state index in [1.54, 1.807) is 13.0 Å². The maximum absolute atomic E-state index is 9.65. The number of benzene rings is 1. The van der Waals surface area contributed by atoms with E-state index in [4.69, 9.17) is 10.4 Å². The Morgan fingerprint density at radius 2 is 2.24 bits per heavy atom. The monoisotopic (exact) mass is 234 g/mol. The fourth-order valence-corrected chi connectivity index (χ4v) is 1.42. The van der Waals surface area contributed by atoms with Crippen molar-refractivity contribution in [3.8, 4) is 6.07 Å². The summed E-state index contributed by atoms with van der Waals surface area (Å²) >= 11 is 0. The molecule has 0 aromatic heterocycles. The minimum absolute atomic E-state index is 0.0151. The summed E-state index contributed by atoms with van der Waals surface area (Å²) in [6.07, 6.45) is 0. The first kappa shape index (κ1) is 13.7. The van der Waals surface area contributed by atoms with Crippen molar-refractivity contribution in [3.63, 3.8) is 0 Å². The smallest absolute Gasteiger partial charge is 0.0991 e. The highest BCUT2D eigenvalue weighted by Crippen LogP contribution is 2.14. The zero-order chi connectivity index (χ0) is 12.9. The van der Waals surface area contributed by atoms with E-state index < -0.39 is 5.60 Å². The van der Waals surface area contributed by atoms with Gasteiger partial charge in [-0.2, -0.15) is 5.26 Å². The van der Waals surface area contributed by atoms with Crippen LogP contribution in [-0.2, 0) is 0 Å². The molecule has 0 aliphatic heterocycles. The topological polar surface area (TPSA) is 76.3 Å². The van der Waals surface area contributed by atoms with Crippen LogP contribution >= 0.6 is 0 Å². The van der Waals surface area contributed by atoms with E-state index in [0.717, 1.165) is 5.56 Å². The van der Waals surface area contributed by atoms with Gasteiger partial charge in [0, 0.05) is 12.6 Å². The third-order valence-electron chi connectivity index (χ3n) is 2.65. The van der Waals surface area contributed by atoms with Crippen molar-refractivity contribution in [2.45, 2.75) is 25.5 Å². The van der Waals surface area contributed by atoms with E-state index in [1.165, 1.54) is 0 Å². The molecule has 0 aliphatic carbocycles. The number of hydrogen-bond donors (Lipinski definition) is 3. The summed E-state index contributed by atoms with van der Waals surface area (Å²) in [6, 6.07) is 9.42. The van der Waals surface area contributed by atoms with Crippen LogP contribution in [0, 0.1) is 11.3 Å². The van der Waals surface area contributed by atoms with Crippen LogP contribution < -0.4 is 5.32 Å². The Kier molecular flexibility index (Phi) is 4.64. The van der Waals surface area contributed by atoms with Crippen molar-refractivity contribution in [3.05, 3.63) is 35.4 Å². The molecule has 0 aliphatic rings. The summed E-state index contributed by atoms with van der Waals surface area (Å²) in [4.78, 5) is 0. The van der Waals surface area contributed by atoms with Gasteiger partial charge >= 0.3 is 0 Å². The van der Waals surface area contributed by atoms with E-state index >= 15 is 0 Å². The molecule has 0 spiro atoms. The van der Waals surface area contributed by atoms with Gasteiger partial charge < -0.3 is 15.5 Å². The Bertz CT molecular complexity index is 410. The first-order valence-corrected chi connectivity index (χ1v) is 5.55. The Balaban J connectivity index is 2.64. The molecule has 0 amide bonds. The summed E-state index contributed by atoms with van der Waals surface area (Å²) < 4.78 is 0. The minimum atomic E-state index is -1.12. The van der Waals surface area contributed by atoms with Crippen LogP contribution in [0.1, 0.15) is 31.0 Å². The molecule has 0 fully saturated rings.